The molecule has 140 valence electrons. The van der Waals surface area contributed by atoms with E-state index in [-0.39, 0.29) is 11.9 Å². The number of amides is 1. The van der Waals surface area contributed by atoms with Crippen molar-refractivity contribution in [1.29, 1.82) is 0 Å². The third kappa shape index (κ3) is 2.70. The molecule has 2 aromatic carbocycles. The Hall–Kier alpha value is -3.67. The smallest absolute Gasteiger partial charge is 0.266 e. The van der Waals surface area contributed by atoms with Crippen molar-refractivity contribution in [1.82, 2.24) is 9.88 Å². The predicted octanol–water partition coefficient (Wildman–Crippen LogP) is 2.79. The van der Waals surface area contributed by atoms with Crippen molar-refractivity contribution in [2.75, 3.05) is 14.2 Å². The molecule has 0 bridgehead atoms. The van der Waals surface area contributed by atoms with Crippen molar-refractivity contribution in [3.05, 3.63) is 84.2 Å². The van der Waals surface area contributed by atoms with Crippen molar-refractivity contribution >= 4 is 11.9 Å². The molecule has 2 N–H and O–H groups in total. The lowest BCUT2D eigenvalue weighted by atomic mass is 9.82. The van der Waals surface area contributed by atoms with Crippen LogP contribution in [0.3, 0.4) is 0 Å². The van der Waals surface area contributed by atoms with Gasteiger partial charge in [0.05, 0.1) is 7.11 Å². The molecule has 2 heterocycles. The van der Waals surface area contributed by atoms with Gasteiger partial charge in [0.1, 0.15) is 5.75 Å². The zero-order valence-corrected chi connectivity index (χ0v) is 15.7. The van der Waals surface area contributed by atoms with Crippen molar-refractivity contribution in [3.63, 3.8) is 0 Å². The highest BCUT2D eigenvalue weighted by molar-refractivity contribution is 6.09. The van der Waals surface area contributed by atoms with E-state index in [2.05, 4.69) is 9.98 Å². The van der Waals surface area contributed by atoms with Crippen LogP contribution in [0.1, 0.15) is 11.1 Å². The highest BCUT2D eigenvalue weighted by Crippen LogP contribution is 2.40. The number of ether oxygens (including phenoxy) is 1. The molecule has 4 rings (SSSR count). The fraction of sp³-hybridized carbons (Fsp3) is 0.136. The number of nitrogens with zero attached hydrogens (tertiary/aromatic N) is 3. The first-order valence-corrected chi connectivity index (χ1v) is 8.85. The van der Waals surface area contributed by atoms with Crippen LogP contribution in [0.5, 0.6) is 5.75 Å². The average molecular weight is 372 g/mol. The van der Waals surface area contributed by atoms with E-state index >= 15 is 0 Å². The monoisotopic (exact) mass is 372 g/mol. The number of hydrogen-bond acceptors (Lipinski definition) is 5. The molecule has 1 aromatic heterocycles. The molecular formula is C22H20N4O2. The number of benzene rings is 2. The van der Waals surface area contributed by atoms with Crippen LogP contribution in [0.2, 0.25) is 0 Å². The first-order chi connectivity index (χ1) is 13.6. The van der Waals surface area contributed by atoms with Gasteiger partial charge in [-0.3, -0.25) is 14.7 Å². The summed E-state index contributed by atoms with van der Waals surface area (Å²) in [6.07, 6.45) is 3.52. The summed E-state index contributed by atoms with van der Waals surface area (Å²) in [5.41, 5.74) is 8.21. The van der Waals surface area contributed by atoms with Crippen LogP contribution in [0.4, 0.5) is 0 Å². The second-order valence-electron chi connectivity index (χ2n) is 6.60. The second-order valence-corrected chi connectivity index (χ2v) is 6.60. The Morgan fingerprint density at radius 2 is 1.75 bits per heavy atom. The molecule has 1 unspecified atom stereocenters. The lowest BCUT2D eigenvalue weighted by Gasteiger charge is -2.26. The van der Waals surface area contributed by atoms with Crippen molar-refractivity contribution < 1.29 is 9.53 Å². The van der Waals surface area contributed by atoms with Crippen LogP contribution in [-0.2, 0) is 10.3 Å². The molecule has 1 aliphatic heterocycles. The summed E-state index contributed by atoms with van der Waals surface area (Å²) in [6, 6.07) is 19.0. The van der Waals surface area contributed by atoms with Gasteiger partial charge in [-0.25, -0.2) is 4.99 Å². The van der Waals surface area contributed by atoms with E-state index in [0.29, 0.717) is 5.75 Å². The number of carbonyl (C=O) groups excluding carboxylic acids is 1. The predicted molar refractivity (Wildman–Crippen MR) is 108 cm³/mol. The molecule has 0 saturated carbocycles. The molecule has 1 amide bonds. The van der Waals surface area contributed by atoms with Gasteiger partial charge in [0.2, 0.25) is 0 Å². The average Bonchev–Trinajstić information content (AvgIpc) is 2.99. The number of guanidine groups is 1. The largest absolute Gasteiger partial charge is 0.497 e. The summed E-state index contributed by atoms with van der Waals surface area (Å²) in [5.74, 6) is 0.699. The van der Waals surface area contributed by atoms with E-state index in [4.69, 9.17) is 10.5 Å². The van der Waals surface area contributed by atoms with E-state index in [1.807, 2.05) is 60.7 Å². The number of hydrogen-bond donors (Lipinski definition) is 1. The maximum absolute atomic E-state index is 13.3. The minimum absolute atomic E-state index is 0.188. The van der Waals surface area contributed by atoms with Crippen molar-refractivity contribution in [2.24, 2.45) is 10.7 Å². The first kappa shape index (κ1) is 17.7. The summed E-state index contributed by atoms with van der Waals surface area (Å²) < 4.78 is 5.25. The van der Waals surface area contributed by atoms with Crippen LogP contribution in [-0.4, -0.2) is 35.9 Å². The van der Waals surface area contributed by atoms with Crippen LogP contribution in [0.25, 0.3) is 11.1 Å². The van der Waals surface area contributed by atoms with E-state index in [9.17, 15) is 4.79 Å². The summed E-state index contributed by atoms with van der Waals surface area (Å²) in [7, 11) is 3.24. The Labute approximate surface area is 163 Å². The normalized spacial score (nSPS) is 18.9. The molecule has 28 heavy (non-hydrogen) atoms. The Morgan fingerprint density at radius 1 is 1.00 bits per heavy atom. The lowest BCUT2D eigenvalue weighted by Crippen LogP contribution is -2.41. The van der Waals surface area contributed by atoms with Gasteiger partial charge in [0.25, 0.3) is 5.91 Å². The zero-order chi connectivity index (χ0) is 19.7. The van der Waals surface area contributed by atoms with Crippen molar-refractivity contribution in [3.8, 4) is 16.9 Å². The van der Waals surface area contributed by atoms with Crippen LogP contribution in [0, 0.1) is 0 Å². The summed E-state index contributed by atoms with van der Waals surface area (Å²) in [4.78, 5) is 23.5. The minimum atomic E-state index is -1.23. The van der Waals surface area contributed by atoms with Gasteiger partial charge in [-0.05, 0) is 46.5 Å². The first-order valence-electron chi connectivity index (χ1n) is 8.85. The number of methoxy groups -OCH3 is 1. The minimum Gasteiger partial charge on any atom is -0.497 e. The van der Waals surface area contributed by atoms with E-state index < -0.39 is 5.54 Å². The zero-order valence-electron chi connectivity index (χ0n) is 15.7. The number of rotatable bonds is 4. The number of likely N-dealkylation sites (N-methyl/N-ethyl adjacent to an activating group) is 1. The van der Waals surface area contributed by atoms with Crippen LogP contribution in [0.15, 0.2) is 78.0 Å². The van der Waals surface area contributed by atoms with Gasteiger partial charge in [-0.1, -0.05) is 36.4 Å². The van der Waals surface area contributed by atoms with Gasteiger partial charge in [-0.2, -0.15) is 0 Å². The second kappa shape index (κ2) is 6.81. The fourth-order valence-corrected chi connectivity index (χ4v) is 3.47. The quantitative estimate of drug-likeness (QED) is 0.764. The Morgan fingerprint density at radius 3 is 2.36 bits per heavy atom. The van der Waals surface area contributed by atoms with Gasteiger partial charge in [0.15, 0.2) is 11.5 Å². The van der Waals surface area contributed by atoms with Gasteiger partial charge in [0, 0.05) is 19.4 Å². The molecule has 0 fully saturated rings. The lowest BCUT2D eigenvalue weighted by molar-refractivity contribution is -0.129. The Balaban J connectivity index is 1.91. The van der Waals surface area contributed by atoms with Gasteiger partial charge in [-0.15, -0.1) is 0 Å². The molecule has 6 nitrogen and oxygen atoms in total. The number of carbonyl (C=O) groups is 1. The fourth-order valence-electron chi connectivity index (χ4n) is 3.47. The number of aromatic nitrogens is 1. The third-order valence-electron chi connectivity index (χ3n) is 5.02. The molecule has 0 spiro atoms. The topological polar surface area (TPSA) is 80.8 Å². The molecule has 6 heteroatoms. The molecule has 0 saturated heterocycles. The SMILES string of the molecule is COc1ccc(C2(c3cccc(-c4cccnc4)c3)N=C(N)N(C)C2=O)cc1. The summed E-state index contributed by atoms with van der Waals surface area (Å²) in [6.45, 7) is 0. The molecule has 0 aliphatic carbocycles. The van der Waals surface area contributed by atoms with Gasteiger partial charge < -0.3 is 10.5 Å². The molecule has 1 aliphatic rings. The standard InChI is InChI=1S/C22H20N4O2/c1-26-20(27)22(25-21(26)23,17-8-10-19(28-2)11-9-17)18-7-3-5-15(13-18)16-6-4-12-24-14-16/h3-14H,1-2H3,(H2,23,25). The maximum atomic E-state index is 13.3. The Bertz CT molecular complexity index is 1050. The molecule has 1 atom stereocenters. The van der Waals surface area contributed by atoms with Crippen LogP contribution >= 0.6 is 0 Å². The highest BCUT2D eigenvalue weighted by atomic mass is 16.5. The summed E-state index contributed by atoms with van der Waals surface area (Å²) >= 11 is 0. The maximum Gasteiger partial charge on any atom is 0.266 e. The highest BCUT2D eigenvalue weighted by Gasteiger charge is 2.49. The number of aliphatic imine (C=N–C) groups is 1. The summed E-state index contributed by atoms with van der Waals surface area (Å²) in [5, 5.41) is 0. The molecule has 3 aromatic rings. The molecule has 0 radical (unpaired) electrons. The van der Waals surface area contributed by atoms with Gasteiger partial charge >= 0.3 is 0 Å². The van der Waals surface area contributed by atoms with Crippen LogP contribution < -0.4 is 10.5 Å². The van der Waals surface area contributed by atoms with Crippen molar-refractivity contribution in [2.45, 2.75) is 5.54 Å². The van der Waals surface area contributed by atoms with E-state index in [0.717, 1.165) is 22.3 Å². The number of pyridine rings is 1. The Kier molecular flexibility index (Phi) is 4.31. The van der Waals surface area contributed by atoms with E-state index in [1.165, 1.54) is 4.90 Å². The third-order valence-corrected chi connectivity index (χ3v) is 5.02. The number of nitrogens with two attached hydrogens (primary N) is 1. The molecular weight excluding hydrogens is 352 g/mol. The van der Waals surface area contributed by atoms with E-state index in [1.54, 1.807) is 26.6 Å².